The zero-order valence-corrected chi connectivity index (χ0v) is 15.6. The van der Waals surface area contributed by atoms with Gasteiger partial charge in [0.2, 0.25) is 0 Å². The van der Waals surface area contributed by atoms with E-state index in [1.54, 1.807) is 17.5 Å². The van der Waals surface area contributed by atoms with E-state index in [9.17, 15) is 4.79 Å². The van der Waals surface area contributed by atoms with Gasteiger partial charge in [0.15, 0.2) is 0 Å². The fourth-order valence-electron chi connectivity index (χ4n) is 2.75. The van der Waals surface area contributed by atoms with E-state index in [0.717, 1.165) is 5.56 Å². The van der Waals surface area contributed by atoms with Gasteiger partial charge in [0, 0.05) is 25.5 Å². The van der Waals surface area contributed by atoms with Gasteiger partial charge >= 0.3 is 6.03 Å². The Morgan fingerprint density at radius 2 is 2.12 bits per heavy atom. The second-order valence-corrected chi connectivity index (χ2v) is 6.75. The topological polar surface area (TPSA) is 48.5 Å². The number of hydrogen-bond acceptors (Lipinski definition) is 4. The van der Waals surface area contributed by atoms with E-state index in [0.29, 0.717) is 13.1 Å². The van der Waals surface area contributed by atoms with Crippen LogP contribution in [0, 0.1) is 0 Å². The summed E-state index contributed by atoms with van der Waals surface area (Å²) in [5.74, 6) is 0. The van der Waals surface area contributed by atoms with E-state index in [-0.39, 0.29) is 18.1 Å². The van der Waals surface area contributed by atoms with Gasteiger partial charge in [-0.05, 0) is 62.0 Å². The molecule has 0 saturated heterocycles. The number of rotatable bonds is 7. The molecule has 2 aromatic heterocycles. The lowest BCUT2D eigenvalue weighted by Gasteiger charge is -2.30. The maximum absolute atomic E-state index is 12.7. The van der Waals surface area contributed by atoms with E-state index in [1.807, 2.05) is 51.2 Å². The summed E-state index contributed by atoms with van der Waals surface area (Å²) in [5.41, 5.74) is 2.27. The van der Waals surface area contributed by atoms with Crippen molar-refractivity contribution in [2.75, 3.05) is 27.2 Å². The number of nitrogens with one attached hydrogen (secondary N) is 1. The lowest BCUT2D eigenvalue weighted by Crippen LogP contribution is -2.44. The van der Waals surface area contributed by atoms with Crippen molar-refractivity contribution < 1.29 is 4.79 Å². The molecule has 1 N–H and O–H groups in total. The number of thiophene rings is 1. The largest absolute Gasteiger partial charge is 0.336 e. The van der Waals surface area contributed by atoms with Gasteiger partial charge in [-0.1, -0.05) is 6.07 Å². The van der Waals surface area contributed by atoms with Crippen molar-refractivity contribution in [3.05, 3.63) is 52.5 Å². The number of carbonyl (C=O) groups excluding carboxylic acids is 1. The van der Waals surface area contributed by atoms with Crippen molar-refractivity contribution in [1.29, 1.82) is 0 Å². The lowest BCUT2D eigenvalue weighted by molar-refractivity contribution is 0.178. The summed E-state index contributed by atoms with van der Waals surface area (Å²) in [6, 6.07) is 6.13. The molecule has 5 nitrogen and oxygen atoms in total. The summed E-state index contributed by atoms with van der Waals surface area (Å²) in [6.07, 6.45) is 3.56. The molecule has 0 fully saturated rings. The van der Waals surface area contributed by atoms with Crippen LogP contribution in [0.15, 0.2) is 41.4 Å². The fourth-order valence-corrected chi connectivity index (χ4v) is 3.45. The summed E-state index contributed by atoms with van der Waals surface area (Å²) in [6.45, 7) is 5.25. The SMILES string of the molecule is CCN(C(=O)NC[C@@H](c1ccsc1)N(C)C)[C@@H](C)c1cccnc1. The number of carbonyl (C=O) groups is 1. The molecule has 0 radical (unpaired) electrons. The molecule has 2 amide bonds. The van der Waals surface area contributed by atoms with Gasteiger partial charge < -0.3 is 15.1 Å². The van der Waals surface area contributed by atoms with E-state index < -0.39 is 0 Å². The minimum atomic E-state index is -0.0454. The molecule has 0 unspecified atom stereocenters. The van der Waals surface area contributed by atoms with Crippen LogP contribution in [-0.2, 0) is 0 Å². The molecule has 0 aliphatic heterocycles. The monoisotopic (exact) mass is 346 g/mol. The standard InChI is InChI=1S/C18H26N4OS/c1-5-22(14(2)15-7-6-9-19-11-15)18(23)20-12-17(21(3)4)16-8-10-24-13-16/h6-11,13-14,17H,5,12H2,1-4H3,(H,20,23)/t14-,17-/m0/s1. The fraction of sp³-hybridized carbons (Fsp3) is 0.444. The Morgan fingerprint density at radius 1 is 1.33 bits per heavy atom. The van der Waals surface area contributed by atoms with Crippen molar-refractivity contribution in [3.63, 3.8) is 0 Å². The van der Waals surface area contributed by atoms with Crippen LogP contribution in [0.4, 0.5) is 4.79 Å². The molecule has 0 spiro atoms. The Balaban J connectivity index is 2.01. The van der Waals surface area contributed by atoms with Crippen LogP contribution in [-0.4, -0.2) is 48.0 Å². The average molecular weight is 347 g/mol. The zero-order valence-electron chi connectivity index (χ0n) is 14.8. The predicted octanol–water partition coefficient (Wildman–Crippen LogP) is 3.54. The third-order valence-corrected chi connectivity index (χ3v) is 4.94. The minimum absolute atomic E-state index is 0.0114. The highest BCUT2D eigenvalue weighted by molar-refractivity contribution is 7.07. The maximum atomic E-state index is 12.7. The summed E-state index contributed by atoms with van der Waals surface area (Å²) in [4.78, 5) is 20.8. The van der Waals surface area contributed by atoms with Crippen molar-refractivity contribution >= 4 is 17.4 Å². The zero-order chi connectivity index (χ0) is 17.5. The molecule has 6 heteroatoms. The van der Waals surface area contributed by atoms with Crippen LogP contribution < -0.4 is 5.32 Å². The first kappa shape index (κ1) is 18.4. The van der Waals surface area contributed by atoms with Crippen LogP contribution in [0.2, 0.25) is 0 Å². The molecule has 2 aromatic rings. The first-order valence-electron chi connectivity index (χ1n) is 8.17. The smallest absolute Gasteiger partial charge is 0.317 e. The summed E-state index contributed by atoms with van der Waals surface area (Å²) >= 11 is 1.68. The molecule has 0 aromatic carbocycles. The third-order valence-electron chi connectivity index (χ3n) is 4.23. The minimum Gasteiger partial charge on any atom is -0.336 e. The maximum Gasteiger partial charge on any atom is 0.317 e. The van der Waals surface area contributed by atoms with Crippen LogP contribution in [0.5, 0.6) is 0 Å². The van der Waals surface area contributed by atoms with Crippen molar-refractivity contribution in [2.45, 2.75) is 25.9 Å². The highest BCUT2D eigenvalue weighted by atomic mass is 32.1. The summed E-state index contributed by atoms with van der Waals surface area (Å²) < 4.78 is 0. The summed E-state index contributed by atoms with van der Waals surface area (Å²) in [5, 5.41) is 7.28. The Kier molecular flexibility index (Phi) is 6.75. The second kappa shape index (κ2) is 8.80. The molecule has 2 atom stereocenters. The predicted molar refractivity (Wildman–Crippen MR) is 99.2 cm³/mol. The number of likely N-dealkylation sites (N-methyl/N-ethyl adjacent to an activating group) is 1. The second-order valence-electron chi connectivity index (χ2n) is 5.97. The highest BCUT2D eigenvalue weighted by Gasteiger charge is 2.22. The number of amides is 2. The summed E-state index contributed by atoms with van der Waals surface area (Å²) in [7, 11) is 4.06. The molecule has 2 heterocycles. The Bertz CT molecular complexity index is 615. The van der Waals surface area contributed by atoms with E-state index in [4.69, 9.17) is 0 Å². The van der Waals surface area contributed by atoms with Gasteiger partial charge in [0.1, 0.15) is 0 Å². The van der Waals surface area contributed by atoms with Crippen molar-refractivity contribution in [2.24, 2.45) is 0 Å². The number of aromatic nitrogens is 1. The van der Waals surface area contributed by atoms with E-state index in [2.05, 4.69) is 32.0 Å². The first-order valence-corrected chi connectivity index (χ1v) is 9.11. The molecule has 0 aliphatic rings. The Hall–Kier alpha value is -1.92. The van der Waals surface area contributed by atoms with Gasteiger partial charge in [-0.2, -0.15) is 11.3 Å². The van der Waals surface area contributed by atoms with Gasteiger partial charge in [0.05, 0.1) is 12.1 Å². The van der Waals surface area contributed by atoms with Crippen LogP contribution >= 0.6 is 11.3 Å². The Labute approximate surface area is 148 Å². The van der Waals surface area contributed by atoms with Crippen molar-refractivity contribution in [3.8, 4) is 0 Å². The lowest BCUT2D eigenvalue weighted by atomic mass is 10.1. The van der Waals surface area contributed by atoms with Gasteiger partial charge in [-0.25, -0.2) is 4.79 Å². The number of pyridine rings is 1. The van der Waals surface area contributed by atoms with Crippen LogP contribution in [0.25, 0.3) is 0 Å². The third kappa shape index (κ3) is 4.55. The number of nitrogens with zero attached hydrogens (tertiary/aromatic N) is 3. The molecule has 0 aliphatic carbocycles. The first-order chi connectivity index (χ1) is 11.5. The molecule has 0 bridgehead atoms. The Morgan fingerprint density at radius 3 is 2.67 bits per heavy atom. The van der Waals surface area contributed by atoms with Crippen LogP contribution in [0.1, 0.15) is 37.1 Å². The molecular weight excluding hydrogens is 320 g/mol. The molecule has 2 rings (SSSR count). The van der Waals surface area contributed by atoms with E-state index in [1.165, 1.54) is 5.56 Å². The molecule has 24 heavy (non-hydrogen) atoms. The number of hydrogen-bond donors (Lipinski definition) is 1. The van der Waals surface area contributed by atoms with Gasteiger partial charge in [-0.3, -0.25) is 4.98 Å². The molecular formula is C18H26N4OS. The van der Waals surface area contributed by atoms with Crippen LogP contribution in [0.3, 0.4) is 0 Å². The van der Waals surface area contributed by atoms with Gasteiger partial charge in [0.25, 0.3) is 0 Å². The highest BCUT2D eigenvalue weighted by Crippen LogP contribution is 2.21. The number of urea groups is 1. The molecule has 130 valence electrons. The van der Waals surface area contributed by atoms with Crippen molar-refractivity contribution in [1.82, 2.24) is 20.1 Å². The van der Waals surface area contributed by atoms with E-state index >= 15 is 0 Å². The normalized spacial score (nSPS) is 13.5. The molecule has 0 saturated carbocycles. The quantitative estimate of drug-likeness (QED) is 0.834. The average Bonchev–Trinajstić information content (AvgIpc) is 3.10. The van der Waals surface area contributed by atoms with Gasteiger partial charge in [-0.15, -0.1) is 0 Å².